The molecule has 4 saturated carbocycles. The average molecular weight is 232 g/mol. The maximum absolute atomic E-state index is 9.27. The van der Waals surface area contributed by atoms with E-state index >= 15 is 0 Å². The first-order valence-electron chi connectivity index (χ1n) is 5.88. The Bertz CT molecular complexity index is 506. The highest BCUT2D eigenvalue weighted by Crippen LogP contribution is 2.89. The number of rotatable bonds is 1. The van der Waals surface area contributed by atoms with E-state index in [1.54, 1.807) is 0 Å². The van der Waals surface area contributed by atoms with Crippen molar-refractivity contribution in [3.8, 4) is 6.07 Å². The van der Waals surface area contributed by atoms with Gasteiger partial charge >= 0.3 is 0 Å². The molecule has 5 rings (SSSR count). The van der Waals surface area contributed by atoms with Gasteiger partial charge in [-0.25, -0.2) is 0 Å². The van der Waals surface area contributed by atoms with Crippen LogP contribution in [0.15, 0.2) is 5.11 Å². The zero-order valence-corrected chi connectivity index (χ0v) is 9.57. The predicted molar refractivity (Wildman–Crippen MR) is 55.3 cm³/mol. The van der Waals surface area contributed by atoms with Crippen molar-refractivity contribution in [3.05, 3.63) is 10.4 Å². The van der Waals surface area contributed by atoms with Gasteiger partial charge in [-0.2, -0.15) is 5.26 Å². The largest absolute Gasteiger partial charge is 0.344 e. The lowest BCUT2D eigenvalue weighted by atomic mass is 9.76. The van der Waals surface area contributed by atoms with Crippen molar-refractivity contribution in [1.82, 2.24) is 0 Å². The molecular formula is C11H12N4O2. The highest BCUT2D eigenvalue weighted by Gasteiger charge is 2.95. The molecule has 88 valence electrons. The van der Waals surface area contributed by atoms with E-state index in [9.17, 15) is 5.26 Å². The van der Waals surface area contributed by atoms with E-state index in [4.69, 9.17) is 15.0 Å². The van der Waals surface area contributed by atoms with Crippen LogP contribution in [-0.4, -0.2) is 24.0 Å². The third-order valence-electron chi connectivity index (χ3n) is 4.81. The second kappa shape index (κ2) is 2.44. The van der Waals surface area contributed by atoms with E-state index in [2.05, 4.69) is 16.1 Å². The molecule has 0 radical (unpaired) electrons. The van der Waals surface area contributed by atoms with Gasteiger partial charge in [0.2, 0.25) is 0 Å². The fraction of sp³-hybridized carbons (Fsp3) is 0.909. The van der Waals surface area contributed by atoms with E-state index in [0.717, 1.165) is 0 Å². The summed E-state index contributed by atoms with van der Waals surface area (Å²) in [6, 6.07) is 2.17. The Hall–Kier alpha value is -1.28. The van der Waals surface area contributed by atoms with E-state index in [1.165, 1.54) is 0 Å². The van der Waals surface area contributed by atoms with Crippen LogP contribution in [0, 0.1) is 34.5 Å². The molecule has 1 saturated heterocycles. The second-order valence-corrected chi connectivity index (χ2v) is 5.88. The van der Waals surface area contributed by atoms with Gasteiger partial charge in [0.1, 0.15) is 0 Å². The summed E-state index contributed by atoms with van der Waals surface area (Å²) in [5.74, 6) is 0.245. The second-order valence-electron chi connectivity index (χ2n) is 5.88. The van der Waals surface area contributed by atoms with E-state index in [1.807, 2.05) is 13.8 Å². The van der Waals surface area contributed by atoms with Crippen molar-refractivity contribution < 1.29 is 9.47 Å². The van der Waals surface area contributed by atoms with E-state index in [-0.39, 0.29) is 29.6 Å². The van der Waals surface area contributed by atoms with Crippen LogP contribution in [0.1, 0.15) is 13.8 Å². The van der Waals surface area contributed by atoms with Crippen LogP contribution in [0.2, 0.25) is 0 Å². The molecule has 0 aromatic rings. The van der Waals surface area contributed by atoms with Gasteiger partial charge in [-0.3, -0.25) is 0 Å². The first-order valence-corrected chi connectivity index (χ1v) is 5.88. The lowest BCUT2D eigenvalue weighted by Gasteiger charge is -2.36. The summed E-state index contributed by atoms with van der Waals surface area (Å²) in [7, 11) is 0. The van der Waals surface area contributed by atoms with E-state index in [0.29, 0.717) is 11.8 Å². The minimum atomic E-state index is -0.633. The van der Waals surface area contributed by atoms with Crippen LogP contribution in [0.4, 0.5) is 0 Å². The van der Waals surface area contributed by atoms with Crippen molar-refractivity contribution in [2.45, 2.75) is 37.9 Å². The summed E-state index contributed by atoms with van der Waals surface area (Å²) in [4.78, 5) is 2.90. The zero-order chi connectivity index (χ0) is 12.0. The SMILES string of the molecule is CC1(C)O[C@H]2[C@H](N=[N+]=[N-])[C@H]3C4[C@@H]([C@H]2O1)[C@]43C#N. The Morgan fingerprint density at radius 2 is 1.94 bits per heavy atom. The van der Waals surface area contributed by atoms with Gasteiger partial charge in [0, 0.05) is 10.8 Å². The highest BCUT2D eigenvalue weighted by molar-refractivity contribution is 5.47. The molecule has 7 atom stereocenters. The lowest BCUT2D eigenvalue weighted by Crippen LogP contribution is -2.48. The third-order valence-corrected chi connectivity index (χ3v) is 4.81. The molecule has 6 nitrogen and oxygen atoms in total. The van der Waals surface area contributed by atoms with Gasteiger partial charge in [-0.1, -0.05) is 5.11 Å². The standard InChI is InChI=1S/C11H12N4O2/c1-10(2)16-8-6-4-5(11(4,6)3-12)7(14-15-13)9(8)17-10/h4-9H,1-2H3/t4?,5-,6+,7-,8-,9+,11-/m1/s1. The number of nitrogens with zero attached hydrogens (tertiary/aromatic N) is 4. The summed E-state index contributed by atoms with van der Waals surface area (Å²) < 4.78 is 11.7. The van der Waals surface area contributed by atoms with Crippen LogP contribution in [-0.2, 0) is 9.47 Å². The third kappa shape index (κ3) is 0.857. The minimum Gasteiger partial charge on any atom is -0.344 e. The van der Waals surface area contributed by atoms with Gasteiger partial charge < -0.3 is 9.47 Å². The molecule has 5 aliphatic rings. The fourth-order valence-corrected chi connectivity index (χ4v) is 4.21. The summed E-state index contributed by atoms with van der Waals surface area (Å²) in [5.41, 5.74) is 8.39. The van der Waals surface area contributed by atoms with Crippen molar-refractivity contribution in [2.75, 3.05) is 0 Å². The number of hydrogen-bond acceptors (Lipinski definition) is 4. The summed E-state index contributed by atoms with van der Waals surface area (Å²) in [6.45, 7) is 3.73. The molecule has 1 heterocycles. The quantitative estimate of drug-likeness (QED) is 0.390. The van der Waals surface area contributed by atoms with Gasteiger partial charge in [-0.05, 0) is 31.2 Å². The highest BCUT2D eigenvalue weighted by atomic mass is 16.8. The van der Waals surface area contributed by atoms with Crippen LogP contribution in [0.5, 0.6) is 0 Å². The van der Waals surface area contributed by atoms with Crippen LogP contribution < -0.4 is 0 Å². The Morgan fingerprint density at radius 1 is 1.24 bits per heavy atom. The topological polar surface area (TPSA) is 91.0 Å². The molecular weight excluding hydrogens is 220 g/mol. The van der Waals surface area contributed by atoms with Crippen molar-refractivity contribution in [1.29, 1.82) is 5.26 Å². The Kier molecular flexibility index (Phi) is 1.39. The monoisotopic (exact) mass is 232 g/mol. The predicted octanol–water partition coefficient (Wildman–Crippen LogP) is 1.58. The Balaban J connectivity index is 1.74. The number of azide groups is 1. The number of nitriles is 1. The summed E-state index contributed by atoms with van der Waals surface area (Å²) in [5, 5.41) is 13.1. The molecule has 2 bridgehead atoms. The maximum Gasteiger partial charge on any atom is 0.163 e. The Labute approximate surface area is 98.1 Å². The van der Waals surface area contributed by atoms with Gasteiger partial charge in [0.05, 0.1) is 29.7 Å². The van der Waals surface area contributed by atoms with E-state index < -0.39 is 5.79 Å². The van der Waals surface area contributed by atoms with Crippen molar-refractivity contribution >= 4 is 0 Å². The normalized spacial score (nSPS) is 59.4. The smallest absolute Gasteiger partial charge is 0.163 e. The summed E-state index contributed by atoms with van der Waals surface area (Å²) in [6.07, 6.45) is -0.244. The molecule has 5 fully saturated rings. The molecule has 1 unspecified atom stereocenters. The van der Waals surface area contributed by atoms with Crippen molar-refractivity contribution in [2.24, 2.45) is 28.3 Å². The molecule has 0 N–H and O–H groups in total. The first kappa shape index (κ1) is 9.72. The lowest BCUT2D eigenvalue weighted by molar-refractivity contribution is -0.147. The number of hydrogen-bond donors (Lipinski definition) is 0. The number of ether oxygens (including phenoxy) is 2. The molecule has 17 heavy (non-hydrogen) atoms. The molecule has 0 amide bonds. The Morgan fingerprint density at radius 3 is 2.53 bits per heavy atom. The molecule has 0 spiro atoms. The van der Waals surface area contributed by atoms with Crippen LogP contribution >= 0.6 is 0 Å². The molecule has 4 aliphatic carbocycles. The minimum absolute atomic E-state index is 0.0739. The van der Waals surface area contributed by atoms with Gasteiger partial charge in [0.15, 0.2) is 5.79 Å². The van der Waals surface area contributed by atoms with Gasteiger partial charge in [-0.15, -0.1) is 0 Å². The average Bonchev–Trinajstić information content (AvgIpc) is 3.06. The molecule has 0 aromatic heterocycles. The molecule has 6 heteroatoms. The fourth-order valence-electron chi connectivity index (χ4n) is 4.21. The maximum atomic E-state index is 9.27. The molecule has 0 aromatic carbocycles. The van der Waals surface area contributed by atoms with Crippen LogP contribution in [0.25, 0.3) is 10.4 Å². The molecule has 1 aliphatic heterocycles. The van der Waals surface area contributed by atoms with Crippen molar-refractivity contribution in [3.63, 3.8) is 0 Å². The van der Waals surface area contributed by atoms with Crippen LogP contribution in [0.3, 0.4) is 0 Å². The first-order chi connectivity index (χ1) is 8.07. The van der Waals surface area contributed by atoms with Gasteiger partial charge in [0.25, 0.3) is 0 Å². The zero-order valence-electron chi connectivity index (χ0n) is 9.57. The summed E-state index contributed by atoms with van der Waals surface area (Å²) >= 11 is 0.